The fraction of sp³-hybridized carbons (Fsp3) is 0.280. The molecule has 0 bridgehead atoms. The number of pyridine rings is 1. The van der Waals surface area contributed by atoms with Crippen LogP contribution in [0.2, 0.25) is 0 Å². The minimum Gasteiger partial charge on any atom is -0.457 e. The van der Waals surface area contributed by atoms with Crippen LogP contribution in [0.3, 0.4) is 0 Å². The van der Waals surface area contributed by atoms with Crippen molar-refractivity contribution in [1.29, 1.82) is 0 Å². The molecule has 0 aliphatic carbocycles. The topological polar surface area (TPSA) is 126 Å². The van der Waals surface area contributed by atoms with Crippen molar-refractivity contribution >= 4 is 34.1 Å². The number of aryl methyl sites for hydroxylation is 1. The van der Waals surface area contributed by atoms with Gasteiger partial charge in [0, 0.05) is 24.5 Å². The van der Waals surface area contributed by atoms with Gasteiger partial charge in [0.2, 0.25) is 5.95 Å². The molecule has 1 fully saturated rings. The number of ether oxygens (including phenoxy) is 1. The first-order valence-corrected chi connectivity index (χ1v) is 11.7. The summed E-state index contributed by atoms with van der Waals surface area (Å²) in [6, 6.07) is 9.47. The number of fused-ring (bicyclic) bond motifs is 2. The van der Waals surface area contributed by atoms with E-state index in [2.05, 4.69) is 30.4 Å². The van der Waals surface area contributed by atoms with Gasteiger partial charge in [0.1, 0.15) is 35.2 Å². The maximum Gasteiger partial charge on any atom is 0.226 e. The zero-order valence-electron chi connectivity index (χ0n) is 20.1. The number of hydrogen-bond donors (Lipinski definition) is 2. The summed E-state index contributed by atoms with van der Waals surface area (Å²) in [5, 5.41) is 17.9. The fourth-order valence-electron chi connectivity index (χ4n) is 4.40. The van der Waals surface area contributed by atoms with Gasteiger partial charge in [-0.25, -0.2) is 29.4 Å². The lowest BCUT2D eigenvalue weighted by Crippen LogP contribution is -2.59. The Labute approximate surface area is 206 Å². The Kier molecular flexibility index (Phi) is 5.15. The lowest BCUT2D eigenvalue weighted by Gasteiger charge is -2.47. The summed E-state index contributed by atoms with van der Waals surface area (Å²) in [4.78, 5) is 24.2. The molecule has 11 heteroatoms. The molecule has 5 aromatic rings. The van der Waals surface area contributed by atoms with Crippen molar-refractivity contribution in [1.82, 2.24) is 34.5 Å². The molecule has 182 valence electrons. The van der Waals surface area contributed by atoms with Crippen molar-refractivity contribution in [2.24, 2.45) is 0 Å². The van der Waals surface area contributed by atoms with E-state index in [1.165, 1.54) is 12.7 Å². The highest BCUT2D eigenvalue weighted by molar-refractivity contribution is 5.87. The summed E-state index contributed by atoms with van der Waals surface area (Å²) >= 11 is 0. The molecule has 1 aliphatic rings. The summed E-state index contributed by atoms with van der Waals surface area (Å²) in [5.41, 5.74) is 2.91. The van der Waals surface area contributed by atoms with Gasteiger partial charge in [0.25, 0.3) is 0 Å². The van der Waals surface area contributed by atoms with Gasteiger partial charge < -0.3 is 20.1 Å². The van der Waals surface area contributed by atoms with Crippen molar-refractivity contribution in [3.63, 3.8) is 0 Å². The standard InChI is InChI=1S/C25H25N9O2/c1-15-10-16(4-5-19(15)36-17-6-9-34-21(11-17)28-14-30-34)31-23-22-18(27-13-29-23)12-26-24(32-22)33-8-7-20(33)25(2,3)35/h4-6,9-14,20,35H,7-8H2,1-3H3,(H,27,29,31)/t20-/m0/s1. The van der Waals surface area contributed by atoms with Gasteiger partial charge in [-0.1, -0.05) is 0 Å². The summed E-state index contributed by atoms with van der Waals surface area (Å²) in [6.45, 7) is 6.39. The number of hydrogen-bond acceptors (Lipinski definition) is 10. The van der Waals surface area contributed by atoms with Gasteiger partial charge in [0.05, 0.1) is 17.8 Å². The minimum atomic E-state index is -0.840. The molecule has 0 spiro atoms. The van der Waals surface area contributed by atoms with Crippen molar-refractivity contribution in [3.8, 4) is 11.5 Å². The normalized spacial score (nSPS) is 15.8. The summed E-state index contributed by atoms with van der Waals surface area (Å²) < 4.78 is 7.76. The molecule has 0 amide bonds. The van der Waals surface area contributed by atoms with Crippen LogP contribution in [0.25, 0.3) is 16.7 Å². The Hall–Kier alpha value is -4.38. The molecule has 11 nitrogen and oxygen atoms in total. The monoisotopic (exact) mass is 483 g/mol. The summed E-state index contributed by atoms with van der Waals surface area (Å²) in [7, 11) is 0. The molecule has 1 aromatic carbocycles. The van der Waals surface area contributed by atoms with Gasteiger partial charge in [-0.15, -0.1) is 0 Å². The molecular formula is C25H25N9O2. The molecule has 0 saturated carbocycles. The van der Waals surface area contributed by atoms with Crippen molar-refractivity contribution < 1.29 is 9.84 Å². The largest absolute Gasteiger partial charge is 0.457 e. The molecule has 4 aromatic heterocycles. The number of aromatic nitrogens is 7. The van der Waals surface area contributed by atoms with Crippen LogP contribution < -0.4 is 15.0 Å². The predicted octanol–water partition coefficient (Wildman–Crippen LogP) is 3.66. The van der Waals surface area contributed by atoms with E-state index in [-0.39, 0.29) is 6.04 Å². The molecule has 36 heavy (non-hydrogen) atoms. The lowest BCUT2D eigenvalue weighted by atomic mass is 9.88. The van der Waals surface area contributed by atoms with E-state index >= 15 is 0 Å². The number of nitrogens with one attached hydrogen (secondary N) is 1. The molecule has 1 saturated heterocycles. The Morgan fingerprint density at radius 1 is 1.08 bits per heavy atom. The van der Waals surface area contributed by atoms with Crippen LogP contribution >= 0.6 is 0 Å². The first-order valence-electron chi connectivity index (χ1n) is 11.7. The molecule has 0 radical (unpaired) electrons. The third-order valence-electron chi connectivity index (χ3n) is 6.37. The second kappa shape index (κ2) is 8.38. The zero-order chi connectivity index (χ0) is 24.9. The van der Waals surface area contributed by atoms with E-state index in [4.69, 9.17) is 9.72 Å². The highest BCUT2D eigenvalue weighted by Gasteiger charge is 2.40. The van der Waals surface area contributed by atoms with E-state index in [0.29, 0.717) is 34.2 Å². The van der Waals surface area contributed by atoms with E-state index in [9.17, 15) is 5.11 Å². The van der Waals surface area contributed by atoms with Crippen LogP contribution in [0.1, 0.15) is 25.8 Å². The quantitative estimate of drug-likeness (QED) is 0.369. The van der Waals surface area contributed by atoms with Crippen molar-refractivity contribution in [2.75, 3.05) is 16.8 Å². The lowest BCUT2D eigenvalue weighted by molar-refractivity contribution is 0.0286. The SMILES string of the molecule is Cc1cc(Nc2ncnc3cnc(N4CC[C@H]4C(C)(C)O)nc23)ccc1Oc1ccn2ncnc2c1. The van der Waals surface area contributed by atoms with Crippen molar-refractivity contribution in [2.45, 2.75) is 38.8 Å². The third-order valence-corrected chi connectivity index (χ3v) is 6.37. The summed E-state index contributed by atoms with van der Waals surface area (Å²) in [6.07, 6.45) is 7.39. The van der Waals surface area contributed by atoms with Crippen LogP contribution in [0.15, 0.2) is 55.4 Å². The highest BCUT2D eigenvalue weighted by Crippen LogP contribution is 2.33. The van der Waals surface area contributed by atoms with Gasteiger partial charge in [-0.05, 0) is 57.0 Å². The first-order chi connectivity index (χ1) is 17.3. The van der Waals surface area contributed by atoms with E-state index < -0.39 is 5.60 Å². The average molecular weight is 484 g/mol. The van der Waals surface area contributed by atoms with Gasteiger partial charge in [-0.3, -0.25) is 0 Å². The molecule has 2 N–H and O–H groups in total. The predicted molar refractivity (Wildman–Crippen MR) is 135 cm³/mol. The Balaban J connectivity index is 1.25. The van der Waals surface area contributed by atoms with Crippen molar-refractivity contribution in [3.05, 3.63) is 60.9 Å². The minimum absolute atomic E-state index is 0.0309. The Morgan fingerprint density at radius 2 is 1.97 bits per heavy atom. The van der Waals surface area contributed by atoms with E-state index in [1.807, 2.05) is 62.2 Å². The van der Waals surface area contributed by atoms with Crippen LogP contribution in [-0.4, -0.2) is 57.8 Å². The molecule has 5 heterocycles. The molecule has 0 unspecified atom stereocenters. The number of rotatable bonds is 6. The smallest absolute Gasteiger partial charge is 0.226 e. The van der Waals surface area contributed by atoms with E-state index in [1.54, 1.807) is 10.7 Å². The number of benzene rings is 1. The number of aliphatic hydroxyl groups is 1. The zero-order valence-corrected chi connectivity index (χ0v) is 20.1. The second-order valence-corrected chi connectivity index (χ2v) is 9.41. The summed E-state index contributed by atoms with van der Waals surface area (Å²) in [5.74, 6) is 2.55. The van der Waals surface area contributed by atoms with Crippen LogP contribution in [0.4, 0.5) is 17.5 Å². The molecule has 1 atom stereocenters. The van der Waals surface area contributed by atoms with Gasteiger partial charge in [0.15, 0.2) is 11.5 Å². The molecule has 6 rings (SSSR count). The Morgan fingerprint density at radius 3 is 2.75 bits per heavy atom. The Bertz CT molecular complexity index is 1580. The second-order valence-electron chi connectivity index (χ2n) is 9.41. The molecule has 1 aliphatic heterocycles. The first kappa shape index (κ1) is 22.1. The van der Waals surface area contributed by atoms with Crippen LogP contribution in [0, 0.1) is 6.92 Å². The third kappa shape index (κ3) is 4.03. The highest BCUT2D eigenvalue weighted by atomic mass is 16.5. The van der Waals surface area contributed by atoms with E-state index in [0.717, 1.165) is 30.0 Å². The van der Waals surface area contributed by atoms with Crippen LogP contribution in [-0.2, 0) is 0 Å². The van der Waals surface area contributed by atoms with Gasteiger partial charge in [-0.2, -0.15) is 5.10 Å². The number of nitrogens with zero attached hydrogens (tertiary/aromatic N) is 8. The molecular weight excluding hydrogens is 458 g/mol. The average Bonchev–Trinajstić information content (AvgIpc) is 3.27. The fourth-order valence-corrected chi connectivity index (χ4v) is 4.40. The van der Waals surface area contributed by atoms with Crippen LogP contribution in [0.5, 0.6) is 11.5 Å². The van der Waals surface area contributed by atoms with Gasteiger partial charge >= 0.3 is 0 Å². The number of anilines is 3. The maximum absolute atomic E-state index is 10.5. The maximum atomic E-state index is 10.5.